The molecule has 1 heterocycles. The van der Waals surface area contributed by atoms with Crippen LogP contribution in [0.1, 0.15) is 27.1 Å². The highest BCUT2D eigenvalue weighted by Crippen LogP contribution is 2.29. The van der Waals surface area contributed by atoms with E-state index >= 15 is 0 Å². The number of fused-ring (bicyclic) bond motifs is 1. The van der Waals surface area contributed by atoms with Gasteiger partial charge in [0, 0.05) is 13.0 Å². The first-order valence-corrected chi connectivity index (χ1v) is 9.11. The maximum absolute atomic E-state index is 12.4. The number of para-hydroxylation sites is 1. The molecule has 0 radical (unpaired) electrons. The first kappa shape index (κ1) is 17.6. The van der Waals surface area contributed by atoms with Crippen molar-refractivity contribution < 1.29 is 22.8 Å². The minimum atomic E-state index is -3.96. The van der Waals surface area contributed by atoms with Crippen molar-refractivity contribution >= 4 is 33.4 Å². The van der Waals surface area contributed by atoms with Gasteiger partial charge in [-0.25, -0.2) is 12.7 Å². The number of amides is 3. The minimum Gasteiger partial charge on any atom is -0.366 e. The number of benzene rings is 2. The van der Waals surface area contributed by atoms with Crippen molar-refractivity contribution in [2.24, 2.45) is 5.73 Å². The number of rotatable bonds is 5. The molecule has 26 heavy (non-hydrogen) atoms. The standard InChI is InChI=1S/C17H15N3O5S/c18-16(22)11-5-1-3-7-13(11)19-15(21)9-10-20-17(23)12-6-2-4-8-14(12)26(20,24)25/h1-8H,9-10H2,(H2,18,22)(H,19,21). The van der Waals surface area contributed by atoms with Crippen LogP contribution >= 0.6 is 0 Å². The van der Waals surface area contributed by atoms with Crippen LogP contribution in [0.2, 0.25) is 0 Å². The second-order valence-corrected chi connectivity index (χ2v) is 7.42. The molecule has 1 aliphatic rings. The highest BCUT2D eigenvalue weighted by molar-refractivity contribution is 7.90. The SMILES string of the molecule is NC(=O)c1ccccc1NC(=O)CCN1C(=O)c2ccccc2S1(=O)=O. The molecule has 0 atom stereocenters. The summed E-state index contributed by atoms with van der Waals surface area (Å²) < 4.78 is 25.5. The van der Waals surface area contributed by atoms with E-state index in [4.69, 9.17) is 5.73 Å². The summed E-state index contributed by atoms with van der Waals surface area (Å²) in [6, 6.07) is 12.1. The summed E-state index contributed by atoms with van der Waals surface area (Å²) in [6.07, 6.45) is -0.258. The number of primary amides is 1. The van der Waals surface area contributed by atoms with Crippen LogP contribution in [0.15, 0.2) is 53.4 Å². The van der Waals surface area contributed by atoms with Crippen molar-refractivity contribution in [2.45, 2.75) is 11.3 Å². The van der Waals surface area contributed by atoms with Crippen LogP contribution in [-0.4, -0.2) is 37.0 Å². The molecule has 1 aliphatic heterocycles. The summed E-state index contributed by atoms with van der Waals surface area (Å²) in [5, 5.41) is 2.51. The number of carbonyl (C=O) groups is 3. The van der Waals surface area contributed by atoms with Crippen molar-refractivity contribution in [1.29, 1.82) is 0 Å². The number of nitrogens with two attached hydrogens (primary N) is 1. The molecule has 0 saturated carbocycles. The van der Waals surface area contributed by atoms with E-state index in [1.54, 1.807) is 18.2 Å². The van der Waals surface area contributed by atoms with Gasteiger partial charge in [0.15, 0.2) is 0 Å². The molecule has 9 heteroatoms. The first-order chi connectivity index (χ1) is 12.3. The fourth-order valence-corrected chi connectivity index (χ4v) is 4.24. The molecule has 0 aliphatic carbocycles. The van der Waals surface area contributed by atoms with Crippen LogP contribution in [0.5, 0.6) is 0 Å². The van der Waals surface area contributed by atoms with Gasteiger partial charge in [-0.3, -0.25) is 14.4 Å². The molecule has 0 bridgehead atoms. The lowest BCUT2D eigenvalue weighted by molar-refractivity contribution is -0.116. The maximum Gasteiger partial charge on any atom is 0.269 e. The predicted molar refractivity (Wildman–Crippen MR) is 92.9 cm³/mol. The van der Waals surface area contributed by atoms with E-state index in [0.717, 1.165) is 0 Å². The Morgan fingerprint density at radius 3 is 2.38 bits per heavy atom. The van der Waals surface area contributed by atoms with Crippen LogP contribution in [0, 0.1) is 0 Å². The Bertz CT molecular complexity index is 1020. The smallest absolute Gasteiger partial charge is 0.269 e. The molecular weight excluding hydrogens is 358 g/mol. The van der Waals surface area contributed by atoms with Crippen molar-refractivity contribution in [3.05, 3.63) is 59.7 Å². The second kappa shape index (κ2) is 6.60. The van der Waals surface area contributed by atoms with Crippen molar-refractivity contribution in [3.63, 3.8) is 0 Å². The summed E-state index contributed by atoms with van der Waals surface area (Å²) in [5.74, 6) is -1.91. The fraction of sp³-hybridized carbons (Fsp3) is 0.118. The second-order valence-electron chi connectivity index (χ2n) is 5.59. The molecule has 0 spiro atoms. The monoisotopic (exact) mass is 373 g/mol. The zero-order valence-electron chi connectivity index (χ0n) is 13.5. The number of nitrogens with one attached hydrogen (secondary N) is 1. The number of hydrogen-bond acceptors (Lipinski definition) is 5. The van der Waals surface area contributed by atoms with E-state index in [1.165, 1.54) is 30.3 Å². The molecular formula is C17H15N3O5S. The lowest BCUT2D eigenvalue weighted by atomic mass is 10.1. The Kier molecular flexibility index (Phi) is 4.47. The van der Waals surface area contributed by atoms with Gasteiger partial charge in [0.2, 0.25) is 5.91 Å². The largest absolute Gasteiger partial charge is 0.366 e. The van der Waals surface area contributed by atoms with Gasteiger partial charge in [-0.1, -0.05) is 24.3 Å². The maximum atomic E-state index is 12.4. The number of hydrogen-bond donors (Lipinski definition) is 2. The Labute approximate surface area is 149 Å². The molecule has 0 saturated heterocycles. The fourth-order valence-electron chi connectivity index (χ4n) is 2.67. The lowest BCUT2D eigenvalue weighted by Gasteiger charge is -2.15. The van der Waals surface area contributed by atoms with Gasteiger partial charge < -0.3 is 11.1 Å². The van der Waals surface area contributed by atoms with Gasteiger partial charge in [-0.2, -0.15) is 0 Å². The Morgan fingerprint density at radius 1 is 1.04 bits per heavy atom. The van der Waals surface area contributed by atoms with Gasteiger partial charge >= 0.3 is 0 Å². The third-order valence-electron chi connectivity index (χ3n) is 3.92. The van der Waals surface area contributed by atoms with E-state index in [9.17, 15) is 22.8 Å². The topological polar surface area (TPSA) is 127 Å². The third kappa shape index (κ3) is 3.04. The minimum absolute atomic E-state index is 0.0653. The summed E-state index contributed by atoms with van der Waals surface area (Å²) in [5.41, 5.74) is 5.70. The molecule has 0 fully saturated rings. The molecule has 134 valence electrons. The van der Waals surface area contributed by atoms with Crippen molar-refractivity contribution in [3.8, 4) is 0 Å². The number of sulfonamides is 1. The highest BCUT2D eigenvalue weighted by Gasteiger charge is 2.40. The highest BCUT2D eigenvalue weighted by atomic mass is 32.2. The van der Waals surface area contributed by atoms with Gasteiger partial charge in [-0.05, 0) is 24.3 Å². The van der Waals surface area contributed by atoms with E-state index in [2.05, 4.69) is 5.32 Å². The van der Waals surface area contributed by atoms with Gasteiger partial charge in [0.25, 0.3) is 21.8 Å². The average Bonchev–Trinajstić information content (AvgIpc) is 2.80. The van der Waals surface area contributed by atoms with Crippen LogP contribution in [0.4, 0.5) is 5.69 Å². The Balaban J connectivity index is 1.72. The van der Waals surface area contributed by atoms with E-state index in [0.29, 0.717) is 4.31 Å². The Morgan fingerprint density at radius 2 is 1.69 bits per heavy atom. The predicted octanol–water partition coefficient (Wildman–Crippen LogP) is 0.959. The quantitative estimate of drug-likeness (QED) is 0.807. The molecule has 0 unspecified atom stereocenters. The number of anilines is 1. The third-order valence-corrected chi connectivity index (χ3v) is 5.76. The molecule has 0 aromatic heterocycles. The normalized spacial score (nSPS) is 14.8. The van der Waals surface area contributed by atoms with Crippen molar-refractivity contribution in [1.82, 2.24) is 4.31 Å². The van der Waals surface area contributed by atoms with E-state index < -0.39 is 27.7 Å². The van der Waals surface area contributed by atoms with Crippen LogP contribution in [0.3, 0.4) is 0 Å². The Hall–Kier alpha value is -3.20. The molecule has 3 N–H and O–H groups in total. The molecule has 3 amide bonds. The van der Waals surface area contributed by atoms with E-state index in [-0.39, 0.29) is 34.7 Å². The zero-order chi connectivity index (χ0) is 18.9. The van der Waals surface area contributed by atoms with Crippen molar-refractivity contribution in [2.75, 3.05) is 11.9 Å². The zero-order valence-corrected chi connectivity index (χ0v) is 14.3. The van der Waals surface area contributed by atoms with Gasteiger partial charge in [0.05, 0.1) is 16.8 Å². The first-order valence-electron chi connectivity index (χ1n) is 7.67. The van der Waals surface area contributed by atoms with Gasteiger partial charge in [0.1, 0.15) is 4.90 Å². The van der Waals surface area contributed by atoms with Crippen LogP contribution < -0.4 is 11.1 Å². The molecule has 2 aromatic rings. The van der Waals surface area contributed by atoms with Gasteiger partial charge in [-0.15, -0.1) is 0 Å². The summed E-state index contributed by atoms with van der Waals surface area (Å²) in [7, 11) is -3.96. The number of nitrogens with zero attached hydrogens (tertiary/aromatic N) is 1. The summed E-state index contributed by atoms with van der Waals surface area (Å²) in [4.78, 5) is 35.7. The molecule has 2 aromatic carbocycles. The summed E-state index contributed by atoms with van der Waals surface area (Å²) >= 11 is 0. The molecule has 3 rings (SSSR count). The molecule has 8 nitrogen and oxygen atoms in total. The number of carbonyl (C=O) groups excluding carboxylic acids is 3. The average molecular weight is 373 g/mol. The van der Waals surface area contributed by atoms with E-state index in [1.807, 2.05) is 0 Å². The summed E-state index contributed by atoms with van der Waals surface area (Å²) in [6.45, 7) is -0.305. The van der Waals surface area contributed by atoms with Crippen LogP contribution in [-0.2, 0) is 14.8 Å². The van der Waals surface area contributed by atoms with Crippen LogP contribution in [0.25, 0.3) is 0 Å². The lowest BCUT2D eigenvalue weighted by Crippen LogP contribution is -2.33.